The van der Waals surface area contributed by atoms with Crippen LogP contribution in [0.3, 0.4) is 0 Å². The van der Waals surface area contributed by atoms with E-state index in [-0.39, 0.29) is 21.7 Å². The number of amides is 2. The molecule has 3 N–H and O–H groups in total. The van der Waals surface area contributed by atoms with Crippen molar-refractivity contribution in [1.29, 1.82) is 0 Å². The van der Waals surface area contributed by atoms with Crippen LogP contribution in [-0.4, -0.2) is 25.4 Å². The van der Waals surface area contributed by atoms with Gasteiger partial charge in [-0.05, 0) is 59.8 Å². The molecular weight excluding hydrogens is 402 g/mol. The Labute approximate surface area is 165 Å². The van der Waals surface area contributed by atoms with Crippen molar-refractivity contribution in [2.24, 2.45) is 10.7 Å². The molecule has 0 atom stereocenters. The largest absolute Gasteiger partial charge is 0.379 e. The molecule has 3 rings (SSSR count). The fourth-order valence-electron chi connectivity index (χ4n) is 2.28. The Bertz CT molecular complexity index is 1090. The first-order valence-electron chi connectivity index (χ1n) is 7.93. The van der Waals surface area contributed by atoms with E-state index < -0.39 is 16.0 Å². The summed E-state index contributed by atoms with van der Waals surface area (Å²) in [7, 11) is -4.03. The van der Waals surface area contributed by atoms with Crippen LogP contribution >= 0.6 is 11.8 Å². The lowest BCUT2D eigenvalue weighted by Gasteiger charge is -2.08. The third kappa shape index (κ3) is 4.78. The van der Waals surface area contributed by atoms with E-state index in [1.807, 2.05) is 0 Å². The summed E-state index contributed by atoms with van der Waals surface area (Å²) in [6.45, 7) is 1.36. The van der Waals surface area contributed by atoms with Crippen LogP contribution in [-0.2, 0) is 19.7 Å². The number of amidine groups is 1. The lowest BCUT2D eigenvalue weighted by Crippen LogP contribution is -2.10. The van der Waals surface area contributed by atoms with Crippen molar-refractivity contribution in [1.82, 2.24) is 0 Å². The molecule has 0 radical (unpaired) electrons. The third-order valence-corrected chi connectivity index (χ3v) is 5.56. The van der Waals surface area contributed by atoms with Crippen LogP contribution in [0.5, 0.6) is 5.75 Å². The minimum Gasteiger partial charge on any atom is -0.379 e. The molecule has 28 heavy (non-hydrogen) atoms. The highest BCUT2D eigenvalue weighted by Gasteiger charge is 2.20. The number of nitrogens with two attached hydrogens (primary N) is 1. The van der Waals surface area contributed by atoms with E-state index >= 15 is 0 Å². The van der Waals surface area contributed by atoms with E-state index in [0.29, 0.717) is 16.2 Å². The molecule has 8 nitrogen and oxygen atoms in total. The number of aliphatic imine (C=N–C) groups is 1. The van der Waals surface area contributed by atoms with Gasteiger partial charge in [0.25, 0.3) is 5.91 Å². The summed E-state index contributed by atoms with van der Waals surface area (Å²) in [4.78, 5) is 26.6. The standard InChI is InChI=1S/C18H15N3O5S2/c1-11(22)20-13-4-8-15(9-5-13)28(24,25)26-14-6-2-12(3-7-14)10-16-17(23)21-18(19)27-16/h2-10H,1H3,(H,20,22)(H2,19,21,23)/b16-10-. The molecule has 0 bridgehead atoms. The molecule has 0 aliphatic carbocycles. The molecule has 1 aliphatic heterocycles. The third-order valence-electron chi connectivity index (χ3n) is 3.48. The molecule has 10 heteroatoms. The van der Waals surface area contributed by atoms with Gasteiger partial charge >= 0.3 is 10.1 Å². The molecule has 0 fully saturated rings. The topological polar surface area (TPSA) is 128 Å². The molecule has 2 aromatic rings. The monoisotopic (exact) mass is 417 g/mol. The highest BCUT2D eigenvalue weighted by molar-refractivity contribution is 8.18. The summed E-state index contributed by atoms with van der Waals surface area (Å²) in [6, 6.07) is 11.8. The van der Waals surface area contributed by atoms with Crippen LogP contribution in [0.15, 0.2) is 63.3 Å². The predicted octanol–water partition coefficient (Wildman–Crippen LogP) is 2.34. The fourth-order valence-corrected chi connectivity index (χ4v) is 3.89. The minimum absolute atomic E-state index is 0.0478. The summed E-state index contributed by atoms with van der Waals surface area (Å²) in [6.07, 6.45) is 1.61. The van der Waals surface area contributed by atoms with Crippen molar-refractivity contribution in [3.8, 4) is 5.75 Å². The SMILES string of the molecule is CC(=O)Nc1ccc(S(=O)(=O)Oc2ccc(/C=C3\SC(N)=NC3=O)cc2)cc1. The minimum atomic E-state index is -4.03. The molecule has 1 heterocycles. The summed E-state index contributed by atoms with van der Waals surface area (Å²) in [5.41, 5.74) is 6.65. The molecule has 1 aliphatic rings. The van der Waals surface area contributed by atoms with Gasteiger partial charge in [0.1, 0.15) is 10.6 Å². The maximum absolute atomic E-state index is 12.4. The Balaban J connectivity index is 1.72. The molecule has 2 aromatic carbocycles. The smallest absolute Gasteiger partial charge is 0.339 e. The number of hydrogen-bond acceptors (Lipinski definition) is 7. The Morgan fingerprint density at radius 1 is 1.14 bits per heavy atom. The average Bonchev–Trinajstić information content (AvgIpc) is 2.93. The first-order valence-corrected chi connectivity index (χ1v) is 10.2. The summed E-state index contributed by atoms with van der Waals surface area (Å²) in [5, 5.41) is 2.74. The molecule has 0 spiro atoms. The van der Waals surface area contributed by atoms with Crippen molar-refractivity contribution < 1.29 is 22.2 Å². The zero-order chi connectivity index (χ0) is 20.3. The van der Waals surface area contributed by atoms with Crippen LogP contribution in [0.2, 0.25) is 0 Å². The van der Waals surface area contributed by atoms with Crippen molar-refractivity contribution in [3.05, 3.63) is 59.0 Å². The number of carbonyl (C=O) groups excluding carboxylic acids is 2. The summed E-state index contributed by atoms with van der Waals surface area (Å²) in [5.74, 6) is -0.545. The van der Waals surface area contributed by atoms with Gasteiger partial charge in [-0.15, -0.1) is 0 Å². The van der Waals surface area contributed by atoms with Crippen LogP contribution < -0.4 is 15.2 Å². The second kappa shape index (κ2) is 7.87. The number of thioether (sulfide) groups is 1. The number of carbonyl (C=O) groups is 2. The van der Waals surface area contributed by atoms with Gasteiger partial charge in [0.15, 0.2) is 5.17 Å². The lowest BCUT2D eigenvalue weighted by molar-refractivity contribution is -0.114. The van der Waals surface area contributed by atoms with E-state index in [1.54, 1.807) is 18.2 Å². The van der Waals surface area contributed by atoms with Gasteiger partial charge in [-0.1, -0.05) is 12.1 Å². The van der Waals surface area contributed by atoms with Crippen molar-refractivity contribution >= 4 is 50.6 Å². The van der Waals surface area contributed by atoms with E-state index in [2.05, 4.69) is 10.3 Å². The molecular formula is C18H15N3O5S2. The number of anilines is 1. The fraction of sp³-hybridized carbons (Fsp3) is 0.0556. The lowest BCUT2D eigenvalue weighted by atomic mass is 10.2. The van der Waals surface area contributed by atoms with Crippen LogP contribution in [0, 0.1) is 0 Å². The predicted molar refractivity (Wildman–Crippen MR) is 107 cm³/mol. The first kappa shape index (κ1) is 19.6. The number of benzene rings is 2. The van der Waals surface area contributed by atoms with Crippen molar-refractivity contribution in [3.63, 3.8) is 0 Å². The van der Waals surface area contributed by atoms with Crippen LogP contribution in [0.1, 0.15) is 12.5 Å². The Kier molecular flexibility index (Phi) is 5.52. The Hall–Kier alpha value is -3.11. The number of hydrogen-bond donors (Lipinski definition) is 2. The maximum Gasteiger partial charge on any atom is 0.339 e. The molecule has 0 aromatic heterocycles. The quantitative estimate of drug-likeness (QED) is 0.564. The number of nitrogens with one attached hydrogen (secondary N) is 1. The van der Waals surface area contributed by atoms with Gasteiger partial charge in [-0.2, -0.15) is 13.4 Å². The zero-order valence-corrected chi connectivity index (χ0v) is 16.2. The number of rotatable bonds is 5. The van der Waals surface area contributed by atoms with Gasteiger partial charge in [-0.3, -0.25) is 9.59 Å². The average molecular weight is 417 g/mol. The number of nitrogens with zero attached hydrogens (tertiary/aromatic N) is 1. The van der Waals surface area contributed by atoms with Gasteiger partial charge < -0.3 is 15.2 Å². The van der Waals surface area contributed by atoms with Crippen molar-refractivity contribution in [2.75, 3.05) is 5.32 Å². The van der Waals surface area contributed by atoms with Crippen molar-refractivity contribution in [2.45, 2.75) is 11.8 Å². The highest BCUT2D eigenvalue weighted by atomic mass is 32.2. The summed E-state index contributed by atoms with van der Waals surface area (Å²) >= 11 is 1.07. The second-order valence-electron chi connectivity index (χ2n) is 5.68. The Morgan fingerprint density at radius 3 is 2.32 bits per heavy atom. The van der Waals surface area contributed by atoms with E-state index in [1.165, 1.54) is 43.3 Å². The van der Waals surface area contributed by atoms with Gasteiger partial charge in [-0.25, -0.2) is 0 Å². The molecule has 0 unspecified atom stereocenters. The molecule has 144 valence electrons. The van der Waals surface area contributed by atoms with Gasteiger partial charge in [0.05, 0.1) is 4.91 Å². The normalized spacial score (nSPS) is 15.4. The Morgan fingerprint density at radius 2 is 1.79 bits per heavy atom. The van der Waals surface area contributed by atoms with Crippen LogP contribution in [0.4, 0.5) is 5.69 Å². The van der Waals surface area contributed by atoms with E-state index in [9.17, 15) is 18.0 Å². The maximum atomic E-state index is 12.4. The highest BCUT2D eigenvalue weighted by Crippen LogP contribution is 2.27. The molecule has 2 amide bonds. The van der Waals surface area contributed by atoms with Gasteiger partial charge in [0.2, 0.25) is 5.91 Å². The van der Waals surface area contributed by atoms with Gasteiger partial charge in [0, 0.05) is 12.6 Å². The molecule has 0 saturated heterocycles. The van der Waals surface area contributed by atoms with E-state index in [0.717, 1.165) is 11.8 Å². The van der Waals surface area contributed by atoms with Crippen LogP contribution in [0.25, 0.3) is 6.08 Å². The molecule has 0 saturated carbocycles. The summed E-state index contributed by atoms with van der Waals surface area (Å²) < 4.78 is 29.9. The zero-order valence-electron chi connectivity index (χ0n) is 14.6. The van der Waals surface area contributed by atoms with E-state index in [4.69, 9.17) is 9.92 Å². The second-order valence-corrected chi connectivity index (χ2v) is 8.29. The first-order chi connectivity index (χ1) is 13.2.